The van der Waals surface area contributed by atoms with Gasteiger partial charge in [-0.25, -0.2) is 14.3 Å². The van der Waals surface area contributed by atoms with Crippen LogP contribution in [-0.4, -0.2) is 54.7 Å². The Balaban J connectivity index is 1.24. The molecule has 1 heterocycles. The normalized spacial score (nSPS) is 13.0. The van der Waals surface area contributed by atoms with E-state index in [0.29, 0.717) is 59.6 Å². The molecule has 0 aliphatic heterocycles. The number of halogens is 2. The summed E-state index contributed by atoms with van der Waals surface area (Å²) in [5.41, 5.74) is 1.25. The van der Waals surface area contributed by atoms with Crippen LogP contribution in [0.5, 0.6) is 23.0 Å². The largest absolute Gasteiger partial charge is 0.493 e. The Kier molecular flexibility index (Phi) is 9.88. The van der Waals surface area contributed by atoms with Crippen molar-refractivity contribution in [1.82, 2.24) is 15.8 Å². The van der Waals surface area contributed by atoms with Crippen molar-refractivity contribution in [3.05, 3.63) is 78.5 Å². The number of rotatable bonds is 14. The number of nitrogens with one attached hydrogen (secondary N) is 4. The van der Waals surface area contributed by atoms with Gasteiger partial charge in [-0.3, -0.25) is 24.6 Å². The monoisotopic (exact) mass is 635 g/mol. The molecular weight excluding hydrogens is 604 g/mol. The summed E-state index contributed by atoms with van der Waals surface area (Å²) in [6, 6.07) is 14.0. The number of fused-ring (bicyclic) bond motifs is 1. The van der Waals surface area contributed by atoms with E-state index in [1.54, 1.807) is 23.7 Å². The maximum Gasteiger partial charge on any atom is 0.257 e. The van der Waals surface area contributed by atoms with Gasteiger partial charge in [-0.2, -0.15) is 0 Å². The minimum Gasteiger partial charge on any atom is -0.493 e. The lowest BCUT2D eigenvalue weighted by Crippen LogP contribution is -2.35. The first-order valence-corrected chi connectivity index (χ1v) is 14.3. The SMILES string of the molecule is COc1cc2nccc(Oc3ccc(NC(=O)C4(C(=O)Nc5ccc(F)cc5)CC4)cc3F)c2cc1OCCCNCC(=O)NO. The second-order valence-electron chi connectivity index (χ2n) is 10.5. The minimum atomic E-state index is -1.30. The quantitative estimate of drug-likeness (QED) is 0.0580. The molecule has 0 bridgehead atoms. The number of hydrogen-bond donors (Lipinski definition) is 5. The van der Waals surface area contributed by atoms with E-state index in [-0.39, 0.29) is 24.6 Å². The van der Waals surface area contributed by atoms with Crippen molar-refractivity contribution in [2.75, 3.05) is 37.4 Å². The average molecular weight is 636 g/mol. The van der Waals surface area contributed by atoms with E-state index in [1.165, 1.54) is 49.7 Å². The Bertz CT molecular complexity index is 1750. The molecule has 0 spiro atoms. The molecule has 1 aliphatic carbocycles. The van der Waals surface area contributed by atoms with Gasteiger partial charge in [0.05, 0.1) is 25.8 Å². The van der Waals surface area contributed by atoms with Gasteiger partial charge in [0.2, 0.25) is 11.8 Å². The fraction of sp³-hybridized carbons (Fsp3) is 0.250. The minimum absolute atomic E-state index is 0.0388. The molecule has 1 aromatic heterocycles. The molecule has 1 saturated carbocycles. The van der Waals surface area contributed by atoms with Crippen molar-refractivity contribution in [3.8, 4) is 23.0 Å². The van der Waals surface area contributed by atoms with Crippen molar-refractivity contribution in [3.63, 3.8) is 0 Å². The summed E-state index contributed by atoms with van der Waals surface area (Å²) < 4.78 is 45.7. The third-order valence-corrected chi connectivity index (χ3v) is 7.28. The van der Waals surface area contributed by atoms with E-state index in [9.17, 15) is 18.8 Å². The highest BCUT2D eigenvalue weighted by molar-refractivity contribution is 6.16. The molecule has 0 unspecified atom stereocenters. The van der Waals surface area contributed by atoms with Crippen molar-refractivity contribution in [2.45, 2.75) is 19.3 Å². The van der Waals surface area contributed by atoms with Crippen LogP contribution in [0.15, 0.2) is 66.9 Å². The number of methoxy groups -OCH3 is 1. The summed E-state index contributed by atoms with van der Waals surface area (Å²) in [7, 11) is 1.49. The van der Waals surface area contributed by atoms with Gasteiger partial charge >= 0.3 is 0 Å². The molecule has 0 atom stereocenters. The zero-order chi connectivity index (χ0) is 32.7. The molecule has 1 aliphatic rings. The van der Waals surface area contributed by atoms with Gasteiger partial charge in [-0.1, -0.05) is 0 Å². The van der Waals surface area contributed by atoms with E-state index >= 15 is 4.39 Å². The third-order valence-electron chi connectivity index (χ3n) is 7.28. The van der Waals surface area contributed by atoms with Gasteiger partial charge in [0.25, 0.3) is 5.91 Å². The zero-order valence-electron chi connectivity index (χ0n) is 24.7. The van der Waals surface area contributed by atoms with E-state index in [1.807, 2.05) is 0 Å². The van der Waals surface area contributed by atoms with Crippen LogP contribution in [-0.2, 0) is 14.4 Å². The molecule has 4 aromatic rings. The number of carbonyl (C=O) groups excluding carboxylic acids is 3. The van der Waals surface area contributed by atoms with Crippen molar-refractivity contribution >= 4 is 40.0 Å². The average Bonchev–Trinajstić information content (AvgIpc) is 3.87. The van der Waals surface area contributed by atoms with Crippen LogP contribution in [0.2, 0.25) is 0 Å². The molecular formula is C32H31F2N5O7. The third kappa shape index (κ3) is 7.47. The molecule has 0 saturated heterocycles. The Labute approximate surface area is 262 Å². The van der Waals surface area contributed by atoms with Crippen LogP contribution in [0.25, 0.3) is 10.9 Å². The lowest BCUT2D eigenvalue weighted by atomic mass is 10.0. The van der Waals surface area contributed by atoms with Gasteiger partial charge in [0.15, 0.2) is 23.1 Å². The molecule has 3 aromatic carbocycles. The zero-order valence-corrected chi connectivity index (χ0v) is 24.7. The van der Waals surface area contributed by atoms with Crippen LogP contribution in [0.1, 0.15) is 19.3 Å². The van der Waals surface area contributed by atoms with Crippen LogP contribution in [0.3, 0.4) is 0 Å². The summed E-state index contributed by atoms with van der Waals surface area (Å²) in [4.78, 5) is 41.3. The molecule has 14 heteroatoms. The maximum atomic E-state index is 15.2. The molecule has 1 fully saturated rings. The standard InChI is InChI=1S/C32H31F2N5O7/c1-44-27-17-24-22(16-28(27)45-14-2-12-35-18-29(40)39-43)25(9-13-36-24)46-26-8-7-21(15-23(26)34)38-31(42)32(10-11-32)30(41)37-20-5-3-19(33)4-6-20/h3-9,13,15-17,35,43H,2,10-12,14,18H2,1H3,(H,37,41)(H,38,42)(H,39,40). The molecule has 3 amide bonds. The van der Waals surface area contributed by atoms with E-state index in [2.05, 4.69) is 20.9 Å². The van der Waals surface area contributed by atoms with Crippen LogP contribution >= 0.6 is 0 Å². The van der Waals surface area contributed by atoms with Crippen molar-refractivity contribution in [1.29, 1.82) is 0 Å². The number of nitrogens with zero attached hydrogens (tertiary/aromatic N) is 1. The summed E-state index contributed by atoms with van der Waals surface area (Å²) in [6.45, 7) is 0.699. The number of pyridine rings is 1. The predicted octanol–water partition coefficient (Wildman–Crippen LogP) is 4.54. The lowest BCUT2D eigenvalue weighted by molar-refractivity contribution is -0.131. The molecule has 46 heavy (non-hydrogen) atoms. The topological polar surface area (TPSA) is 160 Å². The second-order valence-corrected chi connectivity index (χ2v) is 10.5. The van der Waals surface area contributed by atoms with Crippen molar-refractivity contribution in [2.24, 2.45) is 5.41 Å². The number of ether oxygens (including phenoxy) is 3. The van der Waals surface area contributed by atoms with Crippen LogP contribution in [0, 0.1) is 17.0 Å². The van der Waals surface area contributed by atoms with Crippen LogP contribution < -0.4 is 35.6 Å². The summed E-state index contributed by atoms with van der Waals surface area (Å²) in [5.74, 6) is -1.85. The van der Waals surface area contributed by atoms with Gasteiger partial charge in [-0.15, -0.1) is 0 Å². The van der Waals surface area contributed by atoms with E-state index in [0.717, 1.165) is 6.07 Å². The number of hydroxylamine groups is 1. The number of benzene rings is 3. The summed E-state index contributed by atoms with van der Waals surface area (Å²) in [6.07, 6.45) is 2.69. The Hall–Kier alpha value is -5.34. The van der Waals surface area contributed by atoms with Gasteiger partial charge in [-0.05, 0) is 74.3 Å². The fourth-order valence-electron chi connectivity index (χ4n) is 4.61. The molecule has 5 N–H and O–H groups in total. The number of anilines is 2. The molecule has 240 valence electrons. The highest BCUT2D eigenvalue weighted by atomic mass is 19.1. The molecule has 5 rings (SSSR count). The number of aromatic nitrogens is 1. The maximum absolute atomic E-state index is 15.2. The highest BCUT2D eigenvalue weighted by Gasteiger charge is 2.56. The van der Waals surface area contributed by atoms with Crippen LogP contribution in [0.4, 0.5) is 20.2 Å². The summed E-state index contributed by atoms with van der Waals surface area (Å²) >= 11 is 0. The van der Waals surface area contributed by atoms with Gasteiger partial charge in [0.1, 0.15) is 17.0 Å². The predicted molar refractivity (Wildman–Crippen MR) is 163 cm³/mol. The highest BCUT2D eigenvalue weighted by Crippen LogP contribution is 2.47. The lowest BCUT2D eigenvalue weighted by Gasteiger charge is -2.16. The first-order chi connectivity index (χ1) is 22.2. The fourth-order valence-corrected chi connectivity index (χ4v) is 4.61. The number of carbonyl (C=O) groups is 3. The van der Waals surface area contributed by atoms with Gasteiger partial charge < -0.3 is 30.2 Å². The Morgan fingerprint density at radius 3 is 2.28 bits per heavy atom. The van der Waals surface area contributed by atoms with E-state index in [4.69, 9.17) is 19.4 Å². The number of hydrogen-bond acceptors (Lipinski definition) is 9. The Morgan fingerprint density at radius 1 is 0.891 bits per heavy atom. The molecule has 0 radical (unpaired) electrons. The van der Waals surface area contributed by atoms with E-state index < -0.39 is 34.8 Å². The second kappa shape index (κ2) is 14.2. The first kappa shape index (κ1) is 32.1. The summed E-state index contributed by atoms with van der Waals surface area (Å²) in [5, 5.41) is 17.2. The first-order valence-electron chi connectivity index (χ1n) is 14.3. The van der Waals surface area contributed by atoms with Gasteiger partial charge in [0, 0.05) is 35.1 Å². The van der Waals surface area contributed by atoms with Crippen molar-refractivity contribution < 1.29 is 42.6 Å². The smallest absolute Gasteiger partial charge is 0.257 e. The molecule has 12 nitrogen and oxygen atoms in total. The number of amides is 3. The Morgan fingerprint density at radius 2 is 1.61 bits per heavy atom.